The number of hydrogen-bond donors (Lipinski definition) is 1. The lowest BCUT2D eigenvalue weighted by Crippen LogP contribution is -2.17. The van der Waals surface area contributed by atoms with E-state index in [0.717, 1.165) is 5.56 Å². The molecule has 1 amide bonds. The third-order valence-corrected chi connectivity index (χ3v) is 4.85. The first-order chi connectivity index (χ1) is 13.4. The molecule has 146 valence electrons. The molecule has 7 heteroatoms. The molecular formula is C21H20BrF2N3O. The summed E-state index contributed by atoms with van der Waals surface area (Å²) in [6.07, 6.45) is 2.58. The summed E-state index contributed by atoms with van der Waals surface area (Å²) in [5, 5.41) is 7.08. The normalized spacial score (nSPS) is 12.0. The first-order valence-corrected chi connectivity index (χ1v) is 9.70. The van der Waals surface area contributed by atoms with Crippen LogP contribution in [0.3, 0.4) is 0 Å². The molecule has 0 aliphatic heterocycles. The third kappa shape index (κ3) is 5.48. The van der Waals surface area contributed by atoms with E-state index in [1.54, 1.807) is 35.1 Å². The van der Waals surface area contributed by atoms with Crippen LogP contribution in [0, 0.1) is 17.6 Å². The number of benzene rings is 2. The number of amides is 1. The fraction of sp³-hybridized carbons (Fsp3) is 0.238. The van der Waals surface area contributed by atoms with Crippen LogP contribution in [0.5, 0.6) is 0 Å². The number of nitrogens with one attached hydrogen (secondary N) is 1. The Morgan fingerprint density at radius 1 is 1.21 bits per heavy atom. The van der Waals surface area contributed by atoms with Gasteiger partial charge in [0.1, 0.15) is 11.6 Å². The summed E-state index contributed by atoms with van der Waals surface area (Å²) in [5.74, 6) is -0.328. The molecule has 0 aliphatic carbocycles. The highest BCUT2D eigenvalue weighted by Crippen LogP contribution is 2.22. The number of carbonyl (C=O) groups excluding carboxylic acids is 1. The number of rotatable bonds is 7. The van der Waals surface area contributed by atoms with Gasteiger partial charge in [-0.15, -0.1) is 0 Å². The fourth-order valence-corrected chi connectivity index (χ4v) is 3.42. The van der Waals surface area contributed by atoms with Crippen LogP contribution in [0.2, 0.25) is 0 Å². The molecule has 1 unspecified atom stereocenters. The van der Waals surface area contributed by atoms with Crippen LogP contribution in [0.15, 0.2) is 59.2 Å². The smallest absolute Gasteiger partial charge is 0.225 e. The molecular weight excluding hydrogens is 428 g/mol. The van der Waals surface area contributed by atoms with Crippen LogP contribution in [0.4, 0.5) is 14.6 Å². The number of carbonyl (C=O) groups is 1. The van der Waals surface area contributed by atoms with Crippen molar-refractivity contribution < 1.29 is 13.6 Å². The molecule has 0 radical (unpaired) electrons. The number of aromatic nitrogens is 2. The van der Waals surface area contributed by atoms with E-state index in [9.17, 15) is 13.6 Å². The Morgan fingerprint density at radius 2 is 2.00 bits per heavy atom. The Hall–Kier alpha value is -2.54. The van der Waals surface area contributed by atoms with Gasteiger partial charge in [-0.05, 0) is 52.0 Å². The molecule has 28 heavy (non-hydrogen) atoms. The molecule has 3 aromatic rings. The summed E-state index contributed by atoms with van der Waals surface area (Å²) in [5.41, 5.74) is 1.37. The minimum atomic E-state index is -0.300. The topological polar surface area (TPSA) is 46.9 Å². The highest BCUT2D eigenvalue weighted by molar-refractivity contribution is 9.10. The molecule has 0 saturated heterocycles. The van der Waals surface area contributed by atoms with E-state index >= 15 is 0 Å². The van der Waals surface area contributed by atoms with Gasteiger partial charge in [0.2, 0.25) is 5.91 Å². The SMILES string of the molecule is CC(CC(=O)Nc1nn(Cc2ccccc2F)cc1Br)Cc1cccc(F)c1. The molecule has 0 aliphatic rings. The second kappa shape index (κ2) is 9.10. The average Bonchev–Trinajstić information content (AvgIpc) is 2.95. The molecule has 1 atom stereocenters. The van der Waals surface area contributed by atoms with Crippen molar-refractivity contribution in [2.75, 3.05) is 5.32 Å². The van der Waals surface area contributed by atoms with Crippen LogP contribution in [-0.4, -0.2) is 15.7 Å². The van der Waals surface area contributed by atoms with E-state index in [-0.39, 0.29) is 36.4 Å². The maximum Gasteiger partial charge on any atom is 0.225 e. The first-order valence-electron chi connectivity index (χ1n) is 8.91. The van der Waals surface area contributed by atoms with Crippen LogP contribution in [-0.2, 0) is 17.8 Å². The van der Waals surface area contributed by atoms with Crippen LogP contribution < -0.4 is 5.32 Å². The van der Waals surface area contributed by atoms with Crippen LogP contribution in [0.1, 0.15) is 24.5 Å². The van der Waals surface area contributed by atoms with Gasteiger partial charge < -0.3 is 5.32 Å². The van der Waals surface area contributed by atoms with E-state index in [0.29, 0.717) is 22.3 Å². The summed E-state index contributed by atoms with van der Waals surface area (Å²) in [6.45, 7) is 2.20. The number of anilines is 1. The lowest BCUT2D eigenvalue weighted by molar-refractivity contribution is -0.117. The molecule has 0 fully saturated rings. The zero-order chi connectivity index (χ0) is 20.1. The Bertz CT molecular complexity index is 974. The van der Waals surface area contributed by atoms with Crippen molar-refractivity contribution in [3.63, 3.8) is 0 Å². The quantitative estimate of drug-likeness (QED) is 0.542. The second-order valence-corrected chi connectivity index (χ2v) is 7.66. The van der Waals surface area contributed by atoms with Crippen molar-refractivity contribution in [1.82, 2.24) is 9.78 Å². The van der Waals surface area contributed by atoms with Crippen LogP contribution >= 0.6 is 15.9 Å². The lowest BCUT2D eigenvalue weighted by Gasteiger charge is -2.11. The molecule has 1 N–H and O–H groups in total. The van der Waals surface area contributed by atoms with Crippen molar-refractivity contribution in [2.24, 2.45) is 5.92 Å². The highest BCUT2D eigenvalue weighted by atomic mass is 79.9. The Balaban J connectivity index is 1.58. The highest BCUT2D eigenvalue weighted by Gasteiger charge is 2.15. The number of nitrogens with zero attached hydrogens (tertiary/aromatic N) is 2. The Labute approximate surface area is 170 Å². The summed E-state index contributed by atoms with van der Waals surface area (Å²) in [7, 11) is 0. The lowest BCUT2D eigenvalue weighted by atomic mass is 9.98. The van der Waals surface area contributed by atoms with E-state index < -0.39 is 0 Å². The first kappa shape index (κ1) is 20.2. The van der Waals surface area contributed by atoms with E-state index in [1.807, 2.05) is 13.0 Å². The zero-order valence-electron chi connectivity index (χ0n) is 15.3. The third-order valence-electron chi connectivity index (χ3n) is 4.27. The van der Waals surface area contributed by atoms with Gasteiger partial charge in [-0.3, -0.25) is 9.48 Å². The maximum atomic E-state index is 13.8. The van der Waals surface area contributed by atoms with Gasteiger partial charge >= 0.3 is 0 Å². The fourth-order valence-electron chi connectivity index (χ4n) is 3.00. The minimum Gasteiger partial charge on any atom is -0.308 e. The van der Waals surface area contributed by atoms with Crippen LogP contribution in [0.25, 0.3) is 0 Å². The second-order valence-electron chi connectivity index (χ2n) is 6.81. The minimum absolute atomic E-state index is 0.0427. The van der Waals surface area contributed by atoms with Gasteiger partial charge in [0, 0.05) is 18.2 Å². The van der Waals surface area contributed by atoms with Crippen molar-refractivity contribution in [1.29, 1.82) is 0 Å². The predicted molar refractivity (Wildman–Crippen MR) is 108 cm³/mol. The molecule has 3 rings (SSSR count). The molecule has 1 aromatic heterocycles. The van der Waals surface area contributed by atoms with Gasteiger partial charge in [0.15, 0.2) is 5.82 Å². The number of hydrogen-bond acceptors (Lipinski definition) is 2. The Kier molecular flexibility index (Phi) is 6.57. The predicted octanol–water partition coefficient (Wildman–Crippen LogP) is 5.18. The standard InChI is InChI=1S/C21H20BrF2N3O/c1-14(9-15-5-4-7-17(23)11-15)10-20(28)25-21-18(22)13-27(26-21)12-16-6-2-3-8-19(16)24/h2-8,11,13-14H,9-10,12H2,1H3,(H,25,26,28). The van der Waals surface area contributed by atoms with Gasteiger partial charge in [0.05, 0.1) is 11.0 Å². The van der Waals surface area contributed by atoms with Crippen molar-refractivity contribution in [3.8, 4) is 0 Å². The molecule has 0 bridgehead atoms. The van der Waals surface area contributed by atoms with E-state index in [4.69, 9.17) is 0 Å². The van der Waals surface area contributed by atoms with Crippen molar-refractivity contribution >= 4 is 27.7 Å². The monoisotopic (exact) mass is 447 g/mol. The molecule has 0 saturated carbocycles. The molecule has 2 aromatic carbocycles. The summed E-state index contributed by atoms with van der Waals surface area (Å²) in [4.78, 5) is 12.3. The van der Waals surface area contributed by atoms with Gasteiger partial charge in [-0.2, -0.15) is 5.10 Å². The van der Waals surface area contributed by atoms with E-state index in [1.165, 1.54) is 18.2 Å². The zero-order valence-corrected chi connectivity index (χ0v) is 16.9. The van der Waals surface area contributed by atoms with Crippen molar-refractivity contribution in [2.45, 2.75) is 26.3 Å². The summed E-state index contributed by atoms with van der Waals surface area (Å²) in [6, 6.07) is 12.9. The molecule has 4 nitrogen and oxygen atoms in total. The Morgan fingerprint density at radius 3 is 2.75 bits per heavy atom. The van der Waals surface area contributed by atoms with Gasteiger partial charge in [0.25, 0.3) is 0 Å². The molecule has 0 spiro atoms. The van der Waals surface area contributed by atoms with Gasteiger partial charge in [-0.25, -0.2) is 8.78 Å². The van der Waals surface area contributed by atoms with Gasteiger partial charge in [-0.1, -0.05) is 37.3 Å². The molecule has 1 heterocycles. The summed E-state index contributed by atoms with van der Waals surface area (Å²) >= 11 is 3.37. The summed E-state index contributed by atoms with van der Waals surface area (Å²) < 4.78 is 29.3. The number of halogens is 3. The van der Waals surface area contributed by atoms with E-state index in [2.05, 4.69) is 26.3 Å². The largest absolute Gasteiger partial charge is 0.308 e. The maximum absolute atomic E-state index is 13.8. The average molecular weight is 448 g/mol. The van der Waals surface area contributed by atoms with Crippen molar-refractivity contribution in [3.05, 3.63) is 82.0 Å².